The average molecular weight is 245 g/mol. The monoisotopic (exact) mass is 245 g/mol. The normalized spacial score (nSPS) is 24.8. The van der Waals surface area contributed by atoms with E-state index in [0.717, 1.165) is 38.0 Å². The van der Waals surface area contributed by atoms with Crippen LogP contribution in [-0.2, 0) is 4.79 Å². The third kappa shape index (κ3) is 2.12. The molecule has 3 rings (SSSR count). The number of carbonyl (C=O) groups excluding carboxylic acids is 1. The van der Waals surface area contributed by atoms with E-state index in [1.165, 1.54) is 0 Å². The lowest BCUT2D eigenvalue weighted by molar-refractivity contribution is -0.118. The minimum atomic E-state index is 0.148. The van der Waals surface area contributed by atoms with Gasteiger partial charge < -0.3 is 10.6 Å². The Morgan fingerprint density at radius 2 is 2.22 bits per heavy atom. The number of aryl methyl sites for hydroxylation is 1. The maximum atomic E-state index is 12.2. The molecule has 1 aromatic heterocycles. The first kappa shape index (κ1) is 11.7. The smallest absolute Gasteiger partial charge is 0.229 e. The van der Waals surface area contributed by atoms with Crippen LogP contribution in [0.25, 0.3) is 0 Å². The van der Waals surface area contributed by atoms with Gasteiger partial charge in [-0.05, 0) is 56.8 Å². The van der Waals surface area contributed by atoms with Gasteiger partial charge >= 0.3 is 0 Å². The zero-order valence-electron chi connectivity index (χ0n) is 10.7. The molecule has 1 spiro atoms. The summed E-state index contributed by atoms with van der Waals surface area (Å²) in [5.74, 6) is 1.02. The summed E-state index contributed by atoms with van der Waals surface area (Å²) in [6.45, 7) is 4.03. The maximum Gasteiger partial charge on any atom is 0.229 e. The van der Waals surface area contributed by atoms with E-state index in [1.54, 1.807) is 0 Å². The summed E-state index contributed by atoms with van der Waals surface area (Å²) in [6, 6.07) is 5.70. The van der Waals surface area contributed by atoms with E-state index in [1.807, 2.05) is 25.1 Å². The van der Waals surface area contributed by atoms with Crippen LogP contribution in [0.2, 0.25) is 0 Å². The molecule has 1 unspecified atom stereocenters. The number of carbonyl (C=O) groups is 1. The van der Waals surface area contributed by atoms with Gasteiger partial charge in [0, 0.05) is 11.6 Å². The number of rotatable bonds is 2. The second-order valence-electron chi connectivity index (χ2n) is 5.52. The summed E-state index contributed by atoms with van der Waals surface area (Å²) in [5, 5.41) is 6.30. The molecule has 96 valence electrons. The molecule has 1 saturated heterocycles. The summed E-state index contributed by atoms with van der Waals surface area (Å²) in [4.78, 5) is 16.5. The molecule has 4 nitrogen and oxygen atoms in total. The zero-order chi connectivity index (χ0) is 12.6. The molecule has 0 radical (unpaired) electrons. The molecule has 1 aromatic rings. The van der Waals surface area contributed by atoms with Gasteiger partial charge in [0.2, 0.25) is 5.91 Å². The van der Waals surface area contributed by atoms with Crippen molar-refractivity contribution >= 4 is 11.7 Å². The zero-order valence-corrected chi connectivity index (χ0v) is 10.7. The Hall–Kier alpha value is -1.42. The van der Waals surface area contributed by atoms with E-state index in [0.29, 0.717) is 11.2 Å². The molecule has 2 N–H and O–H groups in total. The maximum absolute atomic E-state index is 12.2. The van der Waals surface area contributed by atoms with Gasteiger partial charge in [-0.1, -0.05) is 6.07 Å². The number of amides is 1. The molecule has 1 aliphatic heterocycles. The highest BCUT2D eigenvalue weighted by Crippen LogP contribution is 2.58. The second kappa shape index (κ2) is 4.35. The Labute approximate surface area is 107 Å². The van der Waals surface area contributed by atoms with Crippen LogP contribution in [0, 0.1) is 18.3 Å². The first-order chi connectivity index (χ1) is 8.70. The number of aromatic nitrogens is 1. The molecular formula is C14H19N3O. The van der Waals surface area contributed by atoms with Crippen LogP contribution in [-0.4, -0.2) is 24.0 Å². The first-order valence-corrected chi connectivity index (χ1v) is 6.65. The van der Waals surface area contributed by atoms with E-state index in [-0.39, 0.29) is 11.8 Å². The number of piperidine rings is 1. The predicted octanol–water partition coefficient (Wildman–Crippen LogP) is 1.72. The lowest BCUT2D eigenvalue weighted by Gasteiger charge is -2.23. The van der Waals surface area contributed by atoms with Crippen LogP contribution < -0.4 is 10.6 Å². The van der Waals surface area contributed by atoms with Crippen molar-refractivity contribution < 1.29 is 4.79 Å². The lowest BCUT2D eigenvalue weighted by Crippen LogP contribution is -2.31. The SMILES string of the molecule is Cc1cccc(NC(=O)C2CC23CCNCC3)n1. The third-order valence-electron chi connectivity index (χ3n) is 4.25. The van der Waals surface area contributed by atoms with E-state index in [9.17, 15) is 4.79 Å². The highest BCUT2D eigenvalue weighted by atomic mass is 16.2. The van der Waals surface area contributed by atoms with Crippen LogP contribution in [0.3, 0.4) is 0 Å². The van der Waals surface area contributed by atoms with Crippen molar-refractivity contribution in [1.82, 2.24) is 10.3 Å². The quantitative estimate of drug-likeness (QED) is 0.834. The van der Waals surface area contributed by atoms with E-state index in [4.69, 9.17) is 0 Å². The number of nitrogens with zero attached hydrogens (tertiary/aromatic N) is 1. The number of hydrogen-bond acceptors (Lipinski definition) is 3. The largest absolute Gasteiger partial charge is 0.317 e. The summed E-state index contributed by atoms with van der Waals surface area (Å²) in [5.41, 5.74) is 1.22. The van der Waals surface area contributed by atoms with Crippen LogP contribution in [0.15, 0.2) is 18.2 Å². The number of nitrogens with one attached hydrogen (secondary N) is 2. The van der Waals surface area contributed by atoms with Gasteiger partial charge in [0.05, 0.1) is 0 Å². The lowest BCUT2D eigenvalue weighted by atomic mass is 9.92. The van der Waals surface area contributed by atoms with Crippen LogP contribution >= 0.6 is 0 Å². The summed E-state index contributed by atoms with van der Waals surface area (Å²) in [7, 11) is 0. The first-order valence-electron chi connectivity index (χ1n) is 6.65. The molecule has 1 aliphatic carbocycles. The minimum Gasteiger partial charge on any atom is -0.317 e. The Bertz CT molecular complexity index is 466. The minimum absolute atomic E-state index is 0.148. The molecule has 0 bridgehead atoms. The molecular weight excluding hydrogens is 226 g/mol. The fraction of sp³-hybridized carbons (Fsp3) is 0.571. The van der Waals surface area contributed by atoms with E-state index >= 15 is 0 Å². The standard InChI is InChI=1S/C14H19N3O/c1-10-3-2-4-12(16-10)17-13(18)11-9-14(11)5-7-15-8-6-14/h2-4,11,15H,5-9H2,1H3,(H,16,17,18). The Balaban J connectivity index is 1.63. The Morgan fingerprint density at radius 1 is 1.44 bits per heavy atom. The van der Waals surface area contributed by atoms with Gasteiger partial charge in [-0.3, -0.25) is 4.79 Å². The molecule has 1 amide bonds. The van der Waals surface area contributed by atoms with E-state index in [2.05, 4.69) is 15.6 Å². The fourth-order valence-electron chi connectivity index (χ4n) is 3.02. The van der Waals surface area contributed by atoms with E-state index < -0.39 is 0 Å². The van der Waals surface area contributed by atoms with Crippen molar-refractivity contribution in [2.24, 2.45) is 11.3 Å². The molecule has 0 aromatic carbocycles. The van der Waals surface area contributed by atoms with Crippen molar-refractivity contribution in [3.05, 3.63) is 23.9 Å². The summed E-state index contributed by atoms with van der Waals surface area (Å²) < 4.78 is 0. The number of hydrogen-bond donors (Lipinski definition) is 2. The number of anilines is 1. The Kier molecular flexibility index (Phi) is 2.82. The van der Waals surface area contributed by atoms with Gasteiger partial charge in [-0.2, -0.15) is 0 Å². The highest BCUT2D eigenvalue weighted by molar-refractivity contribution is 5.94. The van der Waals surface area contributed by atoms with Crippen molar-refractivity contribution in [1.29, 1.82) is 0 Å². The van der Waals surface area contributed by atoms with Crippen molar-refractivity contribution in [3.63, 3.8) is 0 Å². The van der Waals surface area contributed by atoms with Gasteiger partial charge in [0.1, 0.15) is 5.82 Å². The van der Waals surface area contributed by atoms with Gasteiger partial charge in [-0.15, -0.1) is 0 Å². The molecule has 2 aliphatic rings. The number of pyridine rings is 1. The predicted molar refractivity (Wildman–Crippen MR) is 70.2 cm³/mol. The van der Waals surface area contributed by atoms with Gasteiger partial charge in [0.25, 0.3) is 0 Å². The third-order valence-corrected chi connectivity index (χ3v) is 4.25. The molecule has 18 heavy (non-hydrogen) atoms. The molecule has 1 saturated carbocycles. The summed E-state index contributed by atoms with van der Waals surface area (Å²) in [6.07, 6.45) is 3.31. The molecule has 2 heterocycles. The summed E-state index contributed by atoms with van der Waals surface area (Å²) >= 11 is 0. The topological polar surface area (TPSA) is 54.0 Å². The fourth-order valence-corrected chi connectivity index (χ4v) is 3.02. The Morgan fingerprint density at radius 3 is 2.94 bits per heavy atom. The average Bonchev–Trinajstić information content (AvgIpc) is 3.04. The van der Waals surface area contributed by atoms with Crippen molar-refractivity contribution in [2.75, 3.05) is 18.4 Å². The second-order valence-corrected chi connectivity index (χ2v) is 5.52. The molecule has 2 fully saturated rings. The van der Waals surface area contributed by atoms with Crippen molar-refractivity contribution in [2.45, 2.75) is 26.2 Å². The van der Waals surface area contributed by atoms with Crippen molar-refractivity contribution in [3.8, 4) is 0 Å². The molecule has 4 heteroatoms. The van der Waals surface area contributed by atoms with Crippen LogP contribution in [0.4, 0.5) is 5.82 Å². The van der Waals surface area contributed by atoms with Crippen LogP contribution in [0.1, 0.15) is 25.0 Å². The van der Waals surface area contributed by atoms with Gasteiger partial charge in [0.15, 0.2) is 0 Å². The van der Waals surface area contributed by atoms with Gasteiger partial charge in [-0.25, -0.2) is 4.98 Å². The van der Waals surface area contributed by atoms with Crippen LogP contribution in [0.5, 0.6) is 0 Å². The highest BCUT2D eigenvalue weighted by Gasteiger charge is 2.57. The molecule has 1 atom stereocenters.